The number of H-pyrrole nitrogens is 1. The van der Waals surface area contributed by atoms with Gasteiger partial charge in [0.15, 0.2) is 0 Å². The first-order chi connectivity index (χ1) is 19.7. The second kappa shape index (κ2) is 16.9. The molecule has 0 bridgehead atoms. The van der Waals surface area contributed by atoms with Crippen molar-refractivity contribution in [3.63, 3.8) is 0 Å². The minimum absolute atomic E-state index is 0.0289. The average Bonchev–Trinajstić information content (AvgIpc) is 3.66. The van der Waals surface area contributed by atoms with Gasteiger partial charge in [-0.05, 0) is 82.8 Å². The number of carbonyl (C=O) groups is 2. The summed E-state index contributed by atoms with van der Waals surface area (Å²) in [5, 5.41) is 7.04. The van der Waals surface area contributed by atoms with E-state index in [1.165, 1.54) is 31.1 Å². The molecule has 41 heavy (non-hydrogen) atoms. The number of sulfone groups is 1. The first-order valence-electron chi connectivity index (χ1n) is 14.0. The molecule has 13 heteroatoms. The molecular formula is C28H40Cl2N6O4S. The van der Waals surface area contributed by atoms with Gasteiger partial charge in [0.1, 0.15) is 0 Å². The summed E-state index contributed by atoms with van der Waals surface area (Å²) in [6, 6.07) is 2.85. The van der Waals surface area contributed by atoms with Gasteiger partial charge in [0.25, 0.3) is 0 Å². The molecule has 1 aliphatic heterocycles. The molecule has 2 amide bonds. The van der Waals surface area contributed by atoms with E-state index in [1.807, 2.05) is 4.90 Å². The predicted octanol–water partition coefficient (Wildman–Crippen LogP) is 3.36. The lowest BCUT2D eigenvalue weighted by molar-refractivity contribution is -0.132. The van der Waals surface area contributed by atoms with Crippen LogP contribution in [0.5, 0.6) is 0 Å². The number of nitrogens with zero attached hydrogens (tertiary/aromatic N) is 3. The van der Waals surface area contributed by atoms with Crippen molar-refractivity contribution < 1.29 is 18.0 Å². The molecule has 3 rings (SSSR count). The van der Waals surface area contributed by atoms with E-state index in [4.69, 9.17) is 23.2 Å². The van der Waals surface area contributed by atoms with Crippen LogP contribution in [0.25, 0.3) is 0 Å². The maximum Gasteiger partial charge on any atom is 0.241 e. The molecule has 1 aliphatic rings. The van der Waals surface area contributed by atoms with E-state index in [0.29, 0.717) is 23.7 Å². The van der Waals surface area contributed by atoms with Gasteiger partial charge in [0.2, 0.25) is 21.7 Å². The Morgan fingerprint density at radius 3 is 2.61 bits per heavy atom. The second-order valence-electron chi connectivity index (χ2n) is 10.1. The minimum atomic E-state index is -3.77. The summed E-state index contributed by atoms with van der Waals surface area (Å²) in [5.74, 6) is -0.470. The smallest absolute Gasteiger partial charge is 0.241 e. The number of hydrogen-bond donors (Lipinski definition) is 3. The maximum absolute atomic E-state index is 12.9. The third-order valence-electron chi connectivity index (χ3n) is 6.98. The van der Waals surface area contributed by atoms with E-state index < -0.39 is 9.84 Å². The molecular weight excluding hydrogens is 587 g/mol. The van der Waals surface area contributed by atoms with Crippen LogP contribution in [0.15, 0.2) is 41.0 Å². The van der Waals surface area contributed by atoms with Crippen molar-refractivity contribution in [1.29, 1.82) is 0 Å². The number of unbranched alkanes of at least 4 members (excludes halogenated alkanes) is 1. The number of amides is 2. The summed E-state index contributed by atoms with van der Waals surface area (Å²) >= 11 is 12.1. The van der Waals surface area contributed by atoms with Crippen LogP contribution < -0.4 is 10.6 Å². The van der Waals surface area contributed by atoms with Crippen LogP contribution in [0.1, 0.15) is 43.4 Å². The van der Waals surface area contributed by atoms with E-state index >= 15 is 0 Å². The lowest BCUT2D eigenvalue weighted by Crippen LogP contribution is -2.43. The van der Waals surface area contributed by atoms with Gasteiger partial charge in [-0.15, -0.1) is 0 Å². The Bertz CT molecular complexity index is 1260. The van der Waals surface area contributed by atoms with Gasteiger partial charge in [-0.3, -0.25) is 9.59 Å². The van der Waals surface area contributed by atoms with Crippen LogP contribution in [-0.2, 0) is 25.8 Å². The standard InChI is InChI=1S/C28H40Cl2N6O4S/c1-22-24(29)9-10-25(28(22)30)41(39,40)17-7-11-31-19-26(37)33-20-27(38)36(16-6-8-23-18-32-21-34-23)15-5-4-14-35-12-2-3-13-35/h7,9-10,17-18,21,31H,2-6,8,11-16,19-20H2,1H3,(H,32,34)(H,33,37). The van der Waals surface area contributed by atoms with E-state index in [-0.39, 0.29) is 41.4 Å². The number of nitrogens with one attached hydrogen (secondary N) is 3. The Labute approximate surface area is 252 Å². The summed E-state index contributed by atoms with van der Waals surface area (Å²) in [7, 11) is -3.77. The normalized spacial score (nSPS) is 14.1. The topological polar surface area (TPSA) is 128 Å². The molecule has 0 spiro atoms. The third-order valence-corrected chi connectivity index (χ3v) is 9.50. The maximum atomic E-state index is 12.9. The van der Waals surface area contributed by atoms with Crippen LogP contribution in [0, 0.1) is 6.92 Å². The zero-order valence-electron chi connectivity index (χ0n) is 23.5. The Hall–Kier alpha value is -2.44. The van der Waals surface area contributed by atoms with Gasteiger partial charge in [-0.1, -0.05) is 29.3 Å². The van der Waals surface area contributed by atoms with Gasteiger partial charge >= 0.3 is 0 Å². The van der Waals surface area contributed by atoms with Crippen LogP contribution in [0.4, 0.5) is 0 Å². The minimum Gasteiger partial charge on any atom is -0.348 e. The lowest BCUT2D eigenvalue weighted by Gasteiger charge is -2.23. The third kappa shape index (κ3) is 11.1. The number of carbonyl (C=O) groups excluding carboxylic acids is 2. The molecule has 2 aromatic rings. The molecule has 3 N–H and O–H groups in total. The van der Waals surface area contributed by atoms with Gasteiger partial charge in [0.05, 0.1) is 29.3 Å². The van der Waals surface area contributed by atoms with Crippen molar-refractivity contribution in [3.8, 4) is 0 Å². The largest absolute Gasteiger partial charge is 0.348 e. The number of benzene rings is 1. The van der Waals surface area contributed by atoms with E-state index in [9.17, 15) is 18.0 Å². The van der Waals surface area contributed by atoms with Crippen molar-refractivity contribution in [2.24, 2.45) is 0 Å². The number of imidazole rings is 1. The Kier molecular flexibility index (Phi) is 13.6. The van der Waals surface area contributed by atoms with Crippen molar-refractivity contribution in [1.82, 2.24) is 30.4 Å². The number of aromatic amines is 1. The molecule has 1 aromatic carbocycles. The SMILES string of the molecule is Cc1c(Cl)ccc(S(=O)(=O)C=CCNCC(=O)NCC(=O)N(CCCCN2CCCC2)CCCc2cnc[nH]2)c1Cl. The number of aromatic nitrogens is 2. The van der Waals surface area contributed by atoms with Gasteiger partial charge < -0.3 is 25.4 Å². The van der Waals surface area contributed by atoms with Crippen LogP contribution >= 0.6 is 23.2 Å². The van der Waals surface area contributed by atoms with Gasteiger partial charge in [0, 0.05) is 42.0 Å². The molecule has 1 aromatic heterocycles. The summed E-state index contributed by atoms with van der Waals surface area (Å²) in [5.41, 5.74) is 1.52. The van der Waals surface area contributed by atoms with Gasteiger partial charge in [-0.2, -0.15) is 0 Å². The average molecular weight is 628 g/mol. The second-order valence-corrected chi connectivity index (χ2v) is 12.7. The monoisotopic (exact) mass is 626 g/mol. The van der Waals surface area contributed by atoms with E-state index in [2.05, 4.69) is 25.5 Å². The molecule has 0 unspecified atom stereocenters. The highest BCUT2D eigenvalue weighted by molar-refractivity contribution is 7.94. The Morgan fingerprint density at radius 1 is 1.12 bits per heavy atom. The number of halogens is 2. The van der Waals surface area contributed by atoms with Crippen LogP contribution in [0.2, 0.25) is 10.0 Å². The van der Waals surface area contributed by atoms with Crippen molar-refractivity contribution in [2.45, 2.75) is 50.3 Å². The number of hydrogen-bond acceptors (Lipinski definition) is 7. The molecule has 0 radical (unpaired) electrons. The molecule has 0 saturated carbocycles. The Balaban J connectivity index is 1.39. The fourth-order valence-corrected chi connectivity index (χ4v) is 6.46. The zero-order valence-corrected chi connectivity index (χ0v) is 25.8. The van der Waals surface area contributed by atoms with Crippen molar-refractivity contribution in [2.75, 3.05) is 52.4 Å². The highest BCUT2D eigenvalue weighted by Crippen LogP contribution is 2.31. The molecule has 10 nitrogen and oxygen atoms in total. The molecule has 0 aliphatic carbocycles. The molecule has 1 saturated heterocycles. The summed E-state index contributed by atoms with van der Waals surface area (Å²) in [4.78, 5) is 36.6. The summed E-state index contributed by atoms with van der Waals surface area (Å²) < 4.78 is 25.2. The number of rotatable bonds is 17. The van der Waals surface area contributed by atoms with Crippen molar-refractivity contribution in [3.05, 3.63) is 57.4 Å². The highest BCUT2D eigenvalue weighted by atomic mass is 35.5. The first-order valence-corrected chi connectivity index (χ1v) is 16.3. The summed E-state index contributed by atoms with van der Waals surface area (Å²) in [6.07, 6.45) is 10.9. The fourth-order valence-electron chi connectivity index (χ4n) is 4.61. The molecule has 0 atom stereocenters. The van der Waals surface area contributed by atoms with E-state index in [1.54, 1.807) is 19.4 Å². The predicted molar refractivity (Wildman–Crippen MR) is 162 cm³/mol. The first kappa shape index (κ1) is 33.1. The summed E-state index contributed by atoms with van der Waals surface area (Å²) in [6.45, 7) is 6.27. The fraction of sp³-hybridized carbons (Fsp3) is 0.536. The zero-order chi connectivity index (χ0) is 29.7. The number of aryl methyl sites for hydroxylation is 1. The molecule has 2 heterocycles. The molecule has 1 fully saturated rings. The highest BCUT2D eigenvalue weighted by Gasteiger charge is 2.18. The van der Waals surface area contributed by atoms with E-state index in [0.717, 1.165) is 56.4 Å². The lowest BCUT2D eigenvalue weighted by atomic mass is 10.2. The van der Waals surface area contributed by atoms with Crippen LogP contribution in [0.3, 0.4) is 0 Å². The quantitative estimate of drug-likeness (QED) is 0.230. The van der Waals surface area contributed by atoms with Crippen molar-refractivity contribution >= 4 is 44.9 Å². The number of likely N-dealkylation sites (tertiary alicyclic amines) is 1. The Morgan fingerprint density at radius 2 is 1.88 bits per heavy atom. The van der Waals surface area contributed by atoms with Crippen LogP contribution in [-0.4, -0.2) is 92.4 Å². The van der Waals surface area contributed by atoms with Gasteiger partial charge in [-0.25, -0.2) is 13.4 Å². The molecule has 226 valence electrons.